The number of nitrogens with one attached hydrogen (secondary N) is 1. The third kappa shape index (κ3) is 4.00. The Labute approximate surface area is 163 Å². The molecule has 1 fully saturated rings. The Morgan fingerprint density at radius 3 is 2.43 bits per heavy atom. The Hall–Kier alpha value is -3.29. The molecular weight excluding hydrogens is 362 g/mol. The van der Waals surface area contributed by atoms with Gasteiger partial charge in [-0.2, -0.15) is 0 Å². The third-order valence-corrected chi connectivity index (χ3v) is 4.82. The summed E-state index contributed by atoms with van der Waals surface area (Å²) in [5.74, 6) is -0.0790. The maximum absolute atomic E-state index is 12.7. The van der Waals surface area contributed by atoms with Gasteiger partial charge >= 0.3 is 0 Å². The van der Waals surface area contributed by atoms with Crippen molar-refractivity contribution < 1.29 is 19.2 Å². The molecule has 1 aliphatic heterocycles. The van der Waals surface area contributed by atoms with Crippen molar-refractivity contribution >= 4 is 17.3 Å². The molecule has 0 unspecified atom stereocenters. The van der Waals surface area contributed by atoms with Crippen LogP contribution in [0, 0.1) is 10.1 Å². The largest absolute Gasteiger partial charge is 0.493 e. The lowest BCUT2D eigenvalue weighted by molar-refractivity contribution is -0.385. The molecule has 2 aromatic carbocycles. The van der Waals surface area contributed by atoms with Crippen LogP contribution in [0.25, 0.3) is 0 Å². The van der Waals surface area contributed by atoms with Crippen molar-refractivity contribution in [3.63, 3.8) is 0 Å². The number of carbonyl (C=O) groups is 1. The van der Waals surface area contributed by atoms with Crippen LogP contribution in [0.5, 0.6) is 11.5 Å². The predicted octanol–water partition coefficient (Wildman–Crippen LogP) is 3.14. The van der Waals surface area contributed by atoms with Gasteiger partial charge in [0.25, 0.3) is 11.6 Å². The van der Waals surface area contributed by atoms with Crippen molar-refractivity contribution in [1.82, 2.24) is 5.32 Å². The summed E-state index contributed by atoms with van der Waals surface area (Å²) in [6.07, 6.45) is 2.30. The molecule has 1 N–H and O–H groups in total. The van der Waals surface area contributed by atoms with Gasteiger partial charge in [0.05, 0.1) is 25.2 Å². The fourth-order valence-corrected chi connectivity index (χ4v) is 3.40. The second kappa shape index (κ2) is 8.60. The quantitative estimate of drug-likeness (QED) is 0.581. The van der Waals surface area contributed by atoms with Gasteiger partial charge in [-0.1, -0.05) is 18.2 Å². The van der Waals surface area contributed by atoms with Gasteiger partial charge < -0.3 is 19.7 Å². The molecule has 0 aliphatic carbocycles. The average molecular weight is 385 g/mol. The van der Waals surface area contributed by atoms with E-state index in [9.17, 15) is 14.9 Å². The van der Waals surface area contributed by atoms with E-state index in [0.717, 1.165) is 37.2 Å². The smallest absolute Gasteiger partial charge is 0.286 e. The van der Waals surface area contributed by atoms with Crippen molar-refractivity contribution in [3.05, 3.63) is 57.6 Å². The standard InChI is InChI=1S/C20H23N3O5/c1-27-18-11-15(17(23(25)26)12-19(18)28-2)20(24)21-13-14-7-3-4-8-16(14)22-9-5-6-10-22/h3-4,7-8,11-12H,5-6,9-10,13H2,1-2H3,(H,21,24). The number of ether oxygens (including phenoxy) is 2. The second-order valence-electron chi connectivity index (χ2n) is 6.49. The van der Waals surface area contributed by atoms with Gasteiger partial charge in [-0.3, -0.25) is 14.9 Å². The molecule has 28 heavy (non-hydrogen) atoms. The van der Waals surface area contributed by atoms with Crippen LogP contribution in [0.4, 0.5) is 11.4 Å². The van der Waals surface area contributed by atoms with E-state index in [4.69, 9.17) is 9.47 Å². The van der Waals surface area contributed by atoms with Gasteiger partial charge in [0.15, 0.2) is 11.5 Å². The summed E-state index contributed by atoms with van der Waals surface area (Å²) in [6.45, 7) is 2.26. The van der Waals surface area contributed by atoms with Gasteiger partial charge in [0, 0.05) is 31.4 Å². The summed E-state index contributed by atoms with van der Waals surface area (Å²) < 4.78 is 10.3. The van der Waals surface area contributed by atoms with Crippen molar-refractivity contribution in [2.45, 2.75) is 19.4 Å². The van der Waals surface area contributed by atoms with Crippen molar-refractivity contribution in [1.29, 1.82) is 0 Å². The number of amides is 1. The molecule has 1 saturated heterocycles. The van der Waals surface area contributed by atoms with E-state index in [2.05, 4.69) is 10.2 Å². The number of benzene rings is 2. The van der Waals surface area contributed by atoms with E-state index >= 15 is 0 Å². The Kier molecular flexibility index (Phi) is 5.98. The highest BCUT2D eigenvalue weighted by atomic mass is 16.6. The number of nitro groups is 1. The van der Waals surface area contributed by atoms with E-state index in [1.165, 1.54) is 26.4 Å². The molecule has 0 spiro atoms. The van der Waals surface area contributed by atoms with Crippen LogP contribution in [0.15, 0.2) is 36.4 Å². The SMILES string of the molecule is COc1cc(C(=O)NCc2ccccc2N2CCCC2)c([N+](=O)[O-])cc1OC. The molecule has 1 aliphatic rings. The number of methoxy groups -OCH3 is 2. The maximum atomic E-state index is 12.7. The topological polar surface area (TPSA) is 93.9 Å². The number of hydrogen-bond acceptors (Lipinski definition) is 6. The van der Waals surface area contributed by atoms with E-state index in [0.29, 0.717) is 0 Å². The van der Waals surface area contributed by atoms with Gasteiger partial charge in [0.1, 0.15) is 5.56 Å². The van der Waals surface area contributed by atoms with Gasteiger partial charge in [0.2, 0.25) is 0 Å². The number of anilines is 1. The molecule has 1 amide bonds. The Bertz CT molecular complexity index is 878. The lowest BCUT2D eigenvalue weighted by Crippen LogP contribution is -2.26. The molecule has 0 aromatic heterocycles. The first-order valence-corrected chi connectivity index (χ1v) is 9.06. The van der Waals surface area contributed by atoms with Crippen LogP contribution in [0.1, 0.15) is 28.8 Å². The van der Waals surface area contributed by atoms with Crippen LogP contribution in [0.3, 0.4) is 0 Å². The fraction of sp³-hybridized carbons (Fsp3) is 0.350. The lowest BCUT2D eigenvalue weighted by atomic mass is 10.1. The van der Waals surface area contributed by atoms with E-state index in [1.807, 2.05) is 24.3 Å². The lowest BCUT2D eigenvalue weighted by Gasteiger charge is -2.21. The van der Waals surface area contributed by atoms with E-state index < -0.39 is 10.8 Å². The van der Waals surface area contributed by atoms with Gasteiger partial charge in [-0.15, -0.1) is 0 Å². The summed E-state index contributed by atoms with van der Waals surface area (Å²) in [5.41, 5.74) is 1.66. The molecule has 1 heterocycles. The minimum absolute atomic E-state index is 0.0682. The zero-order valence-electron chi connectivity index (χ0n) is 15.9. The number of para-hydroxylation sites is 1. The Morgan fingerprint density at radius 1 is 1.14 bits per heavy atom. The highest BCUT2D eigenvalue weighted by molar-refractivity contribution is 5.99. The molecule has 2 aromatic rings. The predicted molar refractivity (Wildman–Crippen MR) is 105 cm³/mol. The highest BCUT2D eigenvalue weighted by Gasteiger charge is 2.25. The molecule has 0 bridgehead atoms. The molecule has 3 rings (SSSR count). The van der Waals surface area contributed by atoms with Gasteiger partial charge in [-0.05, 0) is 24.5 Å². The molecule has 0 radical (unpaired) electrons. The second-order valence-corrected chi connectivity index (χ2v) is 6.49. The molecule has 0 atom stereocenters. The summed E-state index contributed by atoms with van der Waals surface area (Å²) in [5, 5.41) is 14.2. The summed E-state index contributed by atoms with van der Waals surface area (Å²) in [7, 11) is 2.80. The zero-order valence-corrected chi connectivity index (χ0v) is 15.9. The van der Waals surface area contributed by atoms with Crippen LogP contribution in [-0.4, -0.2) is 38.1 Å². The summed E-state index contributed by atoms with van der Waals surface area (Å²) in [4.78, 5) is 25.8. The maximum Gasteiger partial charge on any atom is 0.286 e. The first-order valence-electron chi connectivity index (χ1n) is 9.06. The zero-order chi connectivity index (χ0) is 20.1. The third-order valence-electron chi connectivity index (χ3n) is 4.82. The molecule has 8 nitrogen and oxygen atoms in total. The molecular formula is C20H23N3O5. The van der Waals surface area contributed by atoms with E-state index in [1.54, 1.807) is 0 Å². The first-order chi connectivity index (χ1) is 13.5. The number of hydrogen-bond donors (Lipinski definition) is 1. The van der Waals surface area contributed by atoms with Crippen LogP contribution >= 0.6 is 0 Å². The van der Waals surface area contributed by atoms with Gasteiger partial charge in [-0.25, -0.2) is 0 Å². The molecule has 0 saturated carbocycles. The van der Waals surface area contributed by atoms with Crippen molar-refractivity contribution in [2.75, 3.05) is 32.2 Å². The minimum atomic E-state index is -0.602. The number of rotatable bonds is 7. The Morgan fingerprint density at radius 2 is 1.79 bits per heavy atom. The molecule has 148 valence electrons. The number of nitrogens with zero attached hydrogens (tertiary/aromatic N) is 2. The fourth-order valence-electron chi connectivity index (χ4n) is 3.40. The molecule has 8 heteroatoms. The highest BCUT2D eigenvalue weighted by Crippen LogP contribution is 2.34. The van der Waals surface area contributed by atoms with Crippen LogP contribution < -0.4 is 19.7 Å². The summed E-state index contributed by atoms with van der Waals surface area (Å²) >= 11 is 0. The normalized spacial score (nSPS) is 13.3. The van der Waals surface area contributed by atoms with E-state index in [-0.39, 0.29) is 29.3 Å². The average Bonchev–Trinajstić information content (AvgIpc) is 3.25. The van der Waals surface area contributed by atoms with Crippen LogP contribution in [-0.2, 0) is 6.54 Å². The first kappa shape index (κ1) is 19.5. The van der Waals surface area contributed by atoms with Crippen molar-refractivity contribution in [3.8, 4) is 11.5 Å². The monoisotopic (exact) mass is 385 g/mol. The summed E-state index contributed by atoms with van der Waals surface area (Å²) in [6, 6.07) is 10.4. The number of nitro benzene ring substituents is 1. The Balaban J connectivity index is 1.83. The number of carbonyl (C=O) groups excluding carboxylic acids is 1. The van der Waals surface area contributed by atoms with Crippen molar-refractivity contribution in [2.24, 2.45) is 0 Å². The minimum Gasteiger partial charge on any atom is -0.493 e. The van der Waals surface area contributed by atoms with Crippen LogP contribution in [0.2, 0.25) is 0 Å².